The molecule has 1 aliphatic heterocycles. The van der Waals surface area contributed by atoms with Crippen LogP contribution in [0.5, 0.6) is 0 Å². The largest absolute Gasteiger partial charge is 0.404 e. The predicted molar refractivity (Wildman–Crippen MR) is 42.2 cm³/mol. The summed E-state index contributed by atoms with van der Waals surface area (Å²) >= 11 is 0. The standard InChI is InChI=1S/C4H8ClO3PS/c1-4-2-3-7-9(6,8-4)10-5/h4H,2-3H2,1H3/t4-,9-/m0/s1. The van der Waals surface area contributed by atoms with Gasteiger partial charge in [0.25, 0.3) is 0 Å². The van der Waals surface area contributed by atoms with Crippen molar-refractivity contribution in [1.29, 1.82) is 0 Å². The summed E-state index contributed by atoms with van der Waals surface area (Å²) in [6.45, 7) is -0.648. The number of halogens is 1. The van der Waals surface area contributed by atoms with Crippen LogP contribution in [0.2, 0.25) is 0 Å². The molecule has 0 amide bonds. The second-order valence-corrected chi connectivity index (χ2v) is 6.55. The molecule has 1 aliphatic rings. The van der Waals surface area contributed by atoms with Crippen molar-refractivity contribution in [2.24, 2.45) is 0 Å². The maximum Gasteiger partial charge on any atom is 0.404 e. The minimum atomic E-state index is -2.97. The van der Waals surface area contributed by atoms with Crippen molar-refractivity contribution in [3.05, 3.63) is 0 Å². The molecular weight excluding hydrogens is 195 g/mol. The minimum absolute atomic E-state index is 0.00849. The molecule has 6 heteroatoms. The van der Waals surface area contributed by atoms with Crippen LogP contribution in [-0.4, -0.2) is 12.7 Å². The van der Waals surface area contributed by atoms with Gasteiger partial charge in [-0.25, -0.2) is 4.57 Å². The van der Waals surface area contributed by atoms with Gasteiger partial charge in [-0.2, -0.15) is 0 Å². The van der Waals surface area contributed by atoms with Gasteiger partial charge in [-0.15, -0.1) is 0 Å². The fourth-order valence-electron chi connectivity index (χ4n) is 0.670. The van der Waals surface area contributed by atoms with E-state index in [2.05, 4.69) is 0 Å². The van der Waals surface area contributed by atoms with Crippen molar-refractivity contribution in [2.75, 3.05) is 6.61 Å². The van der Waals surface area contributed by atoms with E-state index in [9.17, 15) is 4.57 Å². The van der Waals surface area contributed by atoms with E-state index in [1.165, 1.54) is 0 Å². The SMILES string of the molecule is C[C@H]1CCO[P@](=O)(SCl)O1. The molecule has 0 bridgehead atoms. The lowest BCUT2D eigenvalue weighted by Crippen LogP contribution is -2.15. The first-order valence-corrected chi connectivity index (χ1v) is 6.69. The average molecular weight is 203 g/mol. The molecule has 1 heterocycles. The van der Waals surface area contributed by atoms with Gasteiger partial charge in [-0.05, 0) is 24.0 Å². The van der Waals surface area contributed by atoms with Gasteiger partial charge >= 0.3 is 6.80 Å². The number of hydrogen-bond donors (Lipinski definition) is 0. The average Bonchev–Trinajstić information content (AvgIpc) is 1.88. The van der Waals surface area contributed by atoms with E-state index >= 15 is 0 Å². The van der Waals surface area contributed by atoms with Gasteiger partial charge in [0.05, 0.1) is 23.3 Å². The molecular formula is C4H8ClO3PS. The Bertz CT molecular complexity index is 165. The van der Waals surface area contributed by atoms with Crippen LogP contribution in [0.1, 0.15) is 13.3 Å². The number of hydrogen-bond acceptors (Lipinski definition) is 4. The third-order valence-electron chi connectivity index (χ3n) is 1.17. The molecule has 0 aromatic heterocycles. The summed E-state index contributed by atoms with van der Waals surface area (Å²) < 4.78 is 21.0. The number of rotatable bonds is 1. The highest BCUT2D eigenvalue weighted by atomic mass is 35.7. The maximum atomic E-state index is 11.2. The molecule has 0 saturated carbocycles. The van der Waals surface area contributed by atoms with Crippen molar-refractivity contribution in [2.45, 2.75) is 19.4 Å². The first-order chi connectivity index (χ1) is 4.66. The second-order valence-electron chi connectivity index (χ2n) is 2.05. The molecule has 1 saturated heterocycles. The molecule has 60 valence electrons. The molecule has 0 spiro atoms. The Morgan fingerprint density at radius 3 is 2.90 bits per heavy atom. The lowest BCUT2D eigenvalue weighted by Gasteiger charge is -2.24. The van der Waals surface area contributed by atoms with E-state index in [1.807, 2.05) is 6.92 Å². The Hall–Kier alpha value is 0.790. The van der Waals surface area contributed by atoms with Crippen molar-refractivity contribution in [3.63, 3.8) is 0 Å². The van der Waals surface area contributed by atoms with Crippen molar-refractivity contribution >= 4 is 28.1 Å². The van der Waals surface area contributed by atoms with Crippen LogP contribution in [0.4, 0.5) is 0 Å². The monoisotopic (exact) mass is 202 g/mol. The predicted octanol–water partition coefficient (Wildman–Crippen LogP) is 2.81. The summed E-state index contributed by atoms with van der Waals surface area (Å²) in [7, 11) is 5.93. The van der Waals surface area contributed by atoms with E-state index in [-0.39, 0.29) is 6.10 Å². The maximum absolute atomic E-state index is 11.2. The Kier molecular flexibility index (Phi) is 3.07. The molecule has 0 radical (unpaired) electrons. The lowest BCUT2D eigenvalue weighted by atomic mass is 10.3. The molecule has 0 aromatic carbocycles. The van der Waals surface area contributed by atoms with E-state index < -0.39 is 6.80 Å². The van der Waals surface area contributed by atoms with Gasteiger partial charge in [-0.3, -0.25) is 9.05 Å². The van der Waals surface area contributed by atoms with Crippen molar-refractivity contribution < 1.29 is 13.6 Å². The van der Waals surface area contributed by atoms with Crippen molar-refractivity contribution in [1.82, 2.24) is 0 Å². The normalized spacial score (nSPS) is 41.6. The highest BCUT2D eigenvalue weighted by Gasteiger charge is 2.31. The van der Waals surface area contributed by atoms with Crippen LogP contribution < -0.4 is 0 Å². The van der Waals surface area contributed by atoms with Crippen molar-refractivity contribution in [3.8, 4) is 0 Å². The molecule has 1 fully saturated rings. The molecule has 0 unspecified atom stereocenters. The van der Waals surface area contributed by atoms with Gasteiger partial charge in [0.1, 0.15) is 0 Å². The summed E-state index contributed by atoms with van der Waals surface area (Å²) in [6, 6.07) is 0. The zero-order valence-electron chi connectivity index (χ0n) is 5.45. The summed E-state index contributed by atoms with van der Waals surface area (Å²) in [5.41, 5.74) is 0. The van der Waals surface area contributed by atoms with Gasteiger partial charge in [0.15, 0.2) is 0 Å². The van der Waals surface area contributed by atoms with Gasteiger partial charge in [0.2, 0.25) is 0 Å². The molecule has 3 nitrogen and oxygen atoms in total. The summed E-state index contributed by atoms with van der Waals surface area (Å²) in [5, 5.41) is 0. The second kappa shape index (κ2) is 3.46. The molecule has 0 N–H and O–H groups in total. The molecule has 0 aromatic rings. The Morgan fingerprint density at radius 1 is 1.80 bits per heavy atom. The van der Waals surface area contributed by atoms with Crippen LogP contribution in [0, 0.1) is 0 Å². The van der Waals surface area contributed by atoms with Crippen LogP contribution >= 0.6 is 28.1 Å². The Labute approximate surface area is 68.2 Å². The van der Waals surface area contributed by atoms with Crippen LogP contribution in [-0.2, 0) is 13.6 Å². The lowest BCUT2D eigenvalue weighted by molar-refractivity contribution is 0.104. The Balaban J connectivity index is 2.54. The fourth-order valence-corrected chi connectivity index (χ4v) is 3.21. The molecule has 1 rings (SSSR count). The third-order valence-corrected chi connectivity index (χ3v) is 5.06. The zero-order chi connectivity index (χ0) is 7.61. The topological polar surface area (TPSA) is 35.5 Å². The summed E-state index contributed by atoms with van der Waals surface area (Å²) in [5.74, 6) is 0. The summed E-state index contributed by atoms with van der Waals surface area (Å²) in [4.78, 5) is 0. The van der Waals surface area contributed by atoms with E-state index in [0.717, 1.165) is 6.42 Å². The van der Waals surface area contributed by atoms with E-state index in [0.29, 0.717) is 17.2 Å². The van der Waals surface area contributed by atoms with Crippen LogP contribution in [0.25, 0.3) is 0 Å². The zero-order valence-corrected chi connectivity index (χ0v) is 7.92. The smallest absolute Gasteiger partial charge is 0.300 e. The quantitative estimate of drug-likeness (QED) is 0.613. The highest BCUT2D eigenvalue weighted by molar-refractivity contribution is 8.66. The van der Waals surface area contributed by atoms with E-state index in [1.54, 1.807) is 0 Å². The van der Waals surface area contributed by atoms with Crippen LogP contribution in [0.3, 0.4) is 0 Å². The minimum Gasteiger partial charge on any atom is -0.300 e. The fraction of sp³-hybridized carbons (Fsp3) is 1.00. The van der Waals surface area contributed by atoms with Gasteiger partial charge < -0.3 is 0 Å². The van der Waals surface area contributed by atoms with Gasteiger partial charge in [0, 0.05) is 0 Å². The van der Waals surface area contributed by atoms with E-state index in [4.69, 9.17) is 19.7 Å². The summed E-state index contributed by atoms with van der Waals surface area (Å²) in [6.07, 6.45) is 0.771. The third kappa shape index (κ3) is 2.14. The first-order valence-electron chi connectivity index (χ1n) is 2.89. The molecule has 10 heavy (non-hydrogen) atoms. The van der Waals surface area contributed by atoms with Crippen LogP contribution in [0.15, 0.2) is 0 Å². The van der Waals surface area contributed by atoms with Gasteiger partial charge in [-0.1, -0.05) is 0 Å². The molecule has 2 atom stereocenters. The molecule has 0 aliphatic carbocycles. The first kappa shape index (κ1) is 8.88. The Morgan fingerprint density at radius 2 is 2.50 bits per heavy atom. The highest BCUT2D eigenvalue weighted by Crippen LogP contribution is 2.65.